The molecular formula is C15H21BrN2O3. The average Bonchev–Trinajstić information content (AvgIpc) is 2.43. The summed E-state index contributed by atoms with van der Waals surface area (Å²) >= 11 is 3.33. The number of hydrogen-bond donors (Lipinski definition) is 4. The summed E-state index contributed by atoms with van der Waals surface area (Å²) in [6.45, 7) is 1.71. The molecule has 0 bridgehead atoms. The molecule has 1 aromatic rings. The Balaban J connectivity index is 1.95. The normalized spacial score (nSPS) is 21.0. The predicted octanol–water partition coefficient (Wildman–Crippen LogP) is 1.23. The molecule has 5 nitrogen and oxygen atoms in total. The molecule has 1 saturated carbocycles. The minimum Gasteiger partial charge on any atom is -0.388 e. The van der Waals surface area contributed by atoms with Crippen LogP contribution in [0.1, 0.15) is 37.9 Å². The molecule has 0 saturated heterocycles. The molecule has 0 aromatic heterocycles. The van der Waals surface area contributed by atoms with Crippen molar-refractivity contribution in [1.29, 1.82) is 0 Å². The van der Waals surface area contributed by atoms with Crippen molar-refractivity contribution in [2.45, 2.75) is 50.0 Å². The number of rotatable bonds is 5. The van der Waals surface area contributed by atoms with E-state index >= 15 is 0 Å². The third kappa shape index (κ3) is 3.63. The van der Waals surface area contributed by atoms with Gasteiger partial charge in [-0.1, -0.05) is 28.1 Å². The summed E-state index contributed by atoms with van der Waals surface area (Å²) < 4.78 is 0.921. The Morgan fingerprint density at radius 1 is 1.38 bits per heavy atom. The van der Waals surface area contributed by atoms with Gasteiger partial charge in [0.1, 0.15) is 6.04 Å². The smallest absolute Gasteiger partial charge is 0.240 e. The van der Waals surface area contributed by atoms with Gasteiger partial charge in [0.15, 0.2) is 0 Å². The first-order valence-electron chi connectivity index (χ1n) is 7.05. The molecule has 2 rings (SSSR count). The lowest BCUT2D eigenvalue weighted by atomic mass is 9.74. The van der Waals surface area contributed by atoms with E-state index in [1.54, 1.807) is 19.1 Å². The summed E-state index contributed by atoms with van der Waals surface area (Å²) in [5, 5.41) is 23.0. The number of carbonyl (C=O) groups is 1. The molecule has 1 aliphatic carbocycles. The van der Waals surface area contributed by atoms with Crippen LogP contribution in [0.15, 0.2) is 28.7 Å². The van der Waals surface area contributed by atoms with Crippen LogP contribution in [-0.4, -0.2) is 33.8 Å². The number of nitrogens with one attached hydrogen (secondary N) is 1. The van der Waals surface area contributed by atoms with Gasteiger partial charge in [-0.25, -0.2) is 0 Å². The van der Waals surface area contributed by atoms with Crippen LogP contribution in [0.5, 0.6) is 0 Å². The fraction of sp³-hybridized carbons (Fsp3) is 0.533. The molecule has 1 fully saturated rings. The highest BCUT2D eigenvalue weighted by atomic mass is 79.9. The van der Waals surface area contributed by atoms with E-state index in [1.807, 2.05) is 12.1 Å². The molecule has 0 aliphatic heterocycles. The molecule has 1 aliphatic rings. The van der Waals surface area contributed by atoms with Gasteiger partial charge >= 0.3 is 0 Å². The molecule has 0 radical (unpaired) electrons. The summed E-state index contributed by atoms with van der Waals surface area (Å²) in [6, 6.07) is 5.79. The van der Waals surface area contributed by atoms with E-state index in [0.29, 0.717) is 18.4 Å². The van der Waals surface area contributed by atoms with Crippen molar-refractivity contribution in [2.75, 3.05) is 0 Å². The fourth-order valence-electron chi connectivity index (χ4n) is 2.44. The number of benzene rings is 1. The van der Waals surface area contributed by atoms with Gasteiger partial charge < -0.3 is 21.3 Å². The quantitative estimate of drug-likeness (QED) is 0.637. The van der Waals surface area contributed by atoms with E-state index in [4.69, 9.17) is 5.73 Å². The Bertz CT molecular complexity index is 502. The van der Waals surface area contributed by atoms with E-state index in [0.717, 1.165) is 10.9 Å². The largest absolute Gasteiger partial charge is 0.388 e. The van der Waals surface area contributed by atoms with Crippen LogP contribution in [0.25, 0.3) is 0 Å². The Kier molecular flexibility index (Phi) is 5.03. The lowest BCUT2D eigenvalue weighted by Gasteiger charge is -2.40. The highest BCUT2D eigenvalue weighted by Gasteiger charge is 2.44. The summed E-state index contributed by atoms with van der Waals surface area (Å²) in [6.07, 6.45) is 1.15. The monoisotopic (exact) mass is 356 g/mol. The zero-order valence-electron chi connectivity index (χ0n) is 11.9. The Labute approximate surface area is 132 Å². The lowest BCUT2D eigenvalue weighted by Crippen LogP contribution is -2.61. The molecule has 5 N–H and O–H groups in total. The van der Waals surface area contributed by atoms with Crippen LogP contribution in [0.2, 0.25) is 0 Å². The zero-order valence-corrected chi connectivity index (χ0v) is 13.5. The first-order valence-corrected chi connectivity index (χ1v) is 7.85. The highest BCUT2D eigenvalue weighted by molar-refractivity contribution is 9.10. The van der Waals surface area contributed by atoms with Gasteiger partial charge in [0.25, 0.3) is 0 Å². The maximum absolute atomic E-state index is 12.1. The standard InChI is InChI=1S/C15H21BrN2O3/c1-9(12(19)10-3-5-11(16)6-4-10)18-14(20)13(17)15(21)7-2-8-15/h3-6,9,12-13,19,21H,2,7-8,17H2,1H3,(H,18,20). The second-order valence-corrected chi connectivity index (χ2v) is 6.64. The van der Waals surface area contributed by atoms with Gasteiger partial charge in [0.05, 0.1) is 17.7 Å². The van der Waals surface area contributed by atoms with E-state index in [1.165, 1.54) is 0 Å². The number of nitrogens with two attached hydrogens (primary N) is 1. The number of hydrogen-bond acceptors (Lipinski definition) is 4. The topological polar surface area (TPSA) is 95.6 Å². The van der Waals surface area contributed by atoms with Gasteiger partial charge in [-0.3, -0.25) is 4.79 Å². The minimum absolute atomic E-state index is 0.430. The molecule has 21 heavy (non-hydrogen) atoms. The first-order chi connectivity index (χ1) is 9.83. The van der Waals surface area contributed by atoms with Crippen molar-refractivity contribution >= 4 is 21.8 Å². The first kappa shape index (κ1) is 16.4. The summed E-state index contributed by atoms with van der Waals surface area (Å²) in [7, 11) is 0. The zero-order chi connectivity index (χ0) is 15.6. The van der Waals surface area contributed by atoms with Crippen LogP contribution in [0.3, 0.4) is 0 Å². The molecule has 116 valence electrons. The van der Waals surface area contributed by atoms with Gasteiger partial charge in [0, 0.05) is 4.47 Å². The average molecular weight is 357 g/mol. The summed E-state index contributed by atoms with van der Waals surface area (Å²) in [5.74, 6) is -0.430. The number of carbonyl (C=O) groups excluding carboxylic acids is 1. The fourth-order valence-corrected chi connectivity index (χ4v) is 2.70. The maximum Gasteiger partial charge on any atom is 0.240 e. The van der Waals surface area contributed by atoms with Gasteiger partial charge in [-0.05, 0) is 43.9 Å². The number of halogens is 1. The Hall–Kier alpha value is -0.950. The van der Waals surface area contributed by atoms with Crippen molar-refractivity contribution in [1.82, 2.24) is 5.32 Å². The molecular weight excluding hydrogens is 336 g/mol. The van der Waals surface area contributed by atoms with Crippen LogP contribution in [0.4, 0.5) is 0 Å². The van der Waals surface area contributed by atoms with E-state index < -0.39 is 29.7 Å². The summed E-state index contributed by atoms with van der Waals surface area (Å²) in [5.41, 5.74) is 5.43. The van der Waals surface area contributed by atoms with Crippen molar-refractivity contribution in [3.63, 3.8) is 0 Å². The van der Waals surface area contributed by atoms with Gasteiger partial charge in [-0.15, -0.1) is 0 Å². The molecule has 3 atom stereocenters. The third-order valence-corrected chi connectivity index (χ3v) is 4.66. The van der Waals surface area contributed by atoms with Gasteiger partial charge in [0.2, 0.25) is 5.91 Å². The molecule has 1 amide bonds. The highest BCUT2D eigenvalue weighted by Crippen LogP contribution is 2.34. The number of aliphatic hydroxyl groups excluding tert-OH is 1. The van der Waals surface area contributed by atoms with Crippen LogP contribution < -0.4 is 11.1 Å². The third-order valence-electron chi connectivity index (χ3n) is 4.14. The molecule has 3 unspecified atom stereocenters. The lowest BCUT2D eigenvalue weighted by molar-refractivity contribution is -0.135. The van der Waals surface area contributed by atoms with Crippen LogP contribution in [0, 0.1) is 0 Å². The number of amides is 1. The minimum atomic E-state index is -1.09. The van der Waals surface area contributed by atoms with Crippen molar-refractivity contribution < 1.29 is 15.0 Å². The molecule has 1 aromatic carbocycles. The maximum atomic E-state index is 12.1. The molecule has 0 heterocycles. The SMILES string of the molecule is CC(NC(=O)C(N)C1(O)CCC1)C(O)c1ccc(Br)cc1. The van der Waals surface area contributed by atoms with E-state index in [-0.39, 0.29) is 0 Å². The predicted molar refractivity (Wildman–Crippen MR) is 83.5 cm³/mol. The van der Waals surface area contributed by atoms with Crippen LogP contribution in [-0.2, 0) is 4.79 Å². The second-order valence-electron chi connectivity index (χ2n) is 5.73. The van der Waals surface area contributed by atoms with Gasteiger partial charge in [-0.2, -0.15) is 0 Å². The molecule has 0 spiro atoms. The van der Waals surface area contributed by atoms with Crippen molar-refractivity contribution in [3.05, 3.63) is 34.3 Å². The van der Waals surface area contributed by atoms with Crippen molar-refractivity contribution in [2.24, 2.45) is 5.73 Å². The van der Waals surface area contributed by atoms with Crippen LogP contribution >= 0.6 is 15.9 Å². The van der Waals surface area contributed by atoms with E-state index in [2.05, 4.69) is 21.2 Å². The molecule has 6 heteroatoms. The second kappa shape index (κ2) is 6.44. The summed E-state index contributed by atoms with van der Waals surface area (Å²) in [4.78, 5) is 12.1. The van der Waals surface area contributed by atoms with Crippen molar-refractivity contribution in [3.8, 4) is 0 Å². The Morgan fingerprint density at radius 2 is 1.95 bits per heavy atom. The number of aliphatic hydroxyl groups is 2. The Morgan fingerprint density at radius 3 is 2.43 bits per heavy atom. The van der Waals surface area contributed by atoms with E-state index in [9.17, 15) is 15.0 Å².